The van der Waals surface area contributed by atoms with E-state index >= 15 is 0 Å². The lowest BCUT2D eigenvalue weighted by Crippen LogP contribution is -2.29. The van der Waals surface area contributed by atoms with Crippen LogP contribution in [-0.4, -0.2) is 25.4 Å². The van der Waals surface area contributed by atoms with Gasteiger partial charge in [0.1, 0.15) is 6.04 Å². The molecule has 0 heterocycles. The number of methoxy groups -OCH3 is 1. The first kappa shape index (κ1) is 8.78. The van der Waals surface area contributed by atoms with Crippen molar-refractivity contribution in [2.75, 3.05) is 13.4 Å². The minimum Gasteiger partial charge on any atom is -0.468 e. The summed E-state index contributed by atoms with van der Waals surface area (Å²) >= 11 is 1.40. The molecule has 54 valence electrons. The molecule has 0 aromatic heterocycles. The average Bonchev–Trinajstić information content (AvgIpc) is 1.87. The summed E-state index contributed by atoms with van der Waals surface area (Å²) in [7, 11) is 1.38. The smallest absolute Gasteiger partial charge is 0.323 e. The molecular formula is C5H11NO2S. The van der Waals surface area contributed by atoms with Crippen LogP contribution in [0, 0.1) is 0 Å². The topological polar surface area (TPSA) is 38.3 Å². The third-order valence-electron chi connectivity index (χ3n) is 0.849. The molecule has 0 fully saturated rings. The van der Waals surface area contributed by atoms with Crippen LogP contribution in [0.2, 0.25) is 0 Å². The molecule has 1 N–H and O–H groups in total. The fourth-order valence-corrected chi connectivity index (χ4v) is 0.851. The fourth-order valence-electron chi connectivity index (χ4n) is 0.402. The van der Waals surface area contributed by atoms with Gasteiger partial charge in [0, 0.05) is 0 Å². The summed E-state index contributed by atoms with van der Waals surface area (Å²) in [5, 5.41) is 0. The first-order valence-corrected chi connectivity index (χ1v) is 3.81. The molecule has 1 atom stereocenters. The van der Waals surface area contributed by atoms with Gasteiger partial charge in [-0.1, -0.05) is 11.9 Å². The van der Waals surface area contributed by atoms with E-state index in [1.54, 1.807) is 6.92 Å². The highest BCUT2D eigenvalue weighted by atomic mass is 32.2. The molecule has 0 aromatic rings. The third-order valence-corrected chi connectivity index (χ3v) is 1.44. The summed E-state index contributed by atoms with van der Waals surface area (Å²) in [4.78, 5) is 10.6. The zero-order chi connectivity index (χ0) is 7.28. The van der Waals surface area contributed by atoms with Gasteiger partial charge in [-0.3, -0.25) is 9.52 Å². The largest absolute Gasteiger partial charge is 0.468 e. The minimum atomic E-state index is -0.232. The van der Waals surface area contributed by atoms with Crippen LogP contribution in [-0.2, 0) is 9.53 Å². The molecule has 0 bridgehead atoms. The Morgan fingerprint density at radius 1 is 1.78 bits per heavy atom. The molecule has 0 amide bonds. The number of nitrogens with one attached hydrogen (secondary N) is 1. The zero-order valence-electron chi connectivity index (χ0n) is 5.80. The molecule has 0 aromatic carbocycles. The van der Waals surface area contributed by atoms with Crippen LogP contribution < -0.4 is 4.72 Å². The van der Waals surface area contributed by atoms with Crippen molar-refractivity contribution in [2.24, 2.45) is 0 Å². The maximum atomic E-state index is 10.6. The molecule has 0 aliphatic heterocycles. The molecule has 3 nitrogen and oxygen atoms in total. The highest BCUT2D eigenvalue weighted by Gasteiger charge is 2.09. The van der Waals surface area contributed by atoms with Crippen molar-refractivity contribution in [3.05, 3.63) is 0 Å². The van der Waals surface area contributed by atoms with Crippen LogP contribution in [0.3, 0.4) is 0 Å². The van der Waals surface area contributed by atoms with Crippen LogP contribution in [0.4, 0.5) is 0 Å². The van der Waals surface area contributed by atoms with Gasteiger partial charge in [0.05, 0.1) is 7.11 Å². The van der Waals surface area contributed by atoms with Crippen molar-refractivity contribution in [3.8, 4) is 0 Å². The standard InChI is InChI=1S/C5H11NO2S/c1-4(6-9-3)5(7)8-2/h4,6H,1-3H3/t4-/m1/s1. The summed E-state index contributed by atoms with van der Waals surface area (Å²) in [6.45, 7) is 1.75. The van der Waals surface area contributed by atoms with E-state index in [1.807, 2.05) is 6.26 Å². The van der Waals surface area contributed by atoms with Crippen molar-refractivity contribution in [1.82, 2.24) is 4.72 Å². The van der Waals surface area contributed by atoms with Gasteiger partial charge in [-0.25, -0.2) is 0 Å². The quantitative estimate of drug-likeness (QED) is 0.466. The highest BCUT2D eigenvalue weighted by Crippen LogP contribution is 1.91. The van der Waals surface area contributed by atoms with Crippen LogP contribution >= 0.6 is 11.9 Å². The Morgan fingerprint density at radius 2 is 2.33 bits per heavy atom. The van der Waals surface area contributed by atoms with E-state index in [9.17, 15) is 4.79 Å². The number of esters is 1. The van der Waals surface area contributed by atoms with Crippen molar-refractivity contribution in [1.29, 1.82) is 0 Å². The summed E-state index contributed by atoms with van der Waals surface area (Å²) in [5.74, 6) is -0.232. The van der Waals surface area contributed by atoms with Crippen molar-refractivity contribution in [3.63, 3.8) is 0 Å². The number of carbonyl (C=O) groups excluding carboxylic acids is 1. The van der Waals surface area contributed by atoms with Crippen LogP contribution in [0.1, 0.15) is 6.92 Å². The lowest BCUT2D eigenvalue weighted by atomic mass is 10.4. The summed E-state index contributed by atoms with van der Waals surface area (Å²) in [6.07, 6.45) is 1.86. The fraction of sp³-hybridized carbons (Fsp3) is 0.800. The van der Waals surface area contributed by atoms with E-state index in [-0.39, 0.29) is 12.0 Å². The molecule has 0 radical (unpaired) electrons. The maximum Gasteiger partial charge on any atom is 0.323 e. The first-order chi connectivity index (χ1) is 4.22. The van der Waals surface area contributed by atoms with Gasteiger partial charge in [0.15, 0.2) is 0 Å². The second-order valence-corrected chi connectivity index (χ2v) is 2.21. The predicted octanol–water partition coefficient (Wildman–Crippen LogP) is 0.415. The number of carbonyl (C=O) groups is 1. The Hall–Kier alpha value is -0.220. The summed E-state index contributed by atoms with van der Waals surface area (Å²) < 4.78 is 7.29. The SMILES string of the molecule is COC(=O)[C@@H](C)NSC. The molecule has 0 unspecified atom stereocenters. The van der Waals surface area contributed by atoms with E-state index in [2.05, 4.69) is 9.46 Å². The Morgan fingerprint density at radius 3 is 2.67 bits per heavy atom. The van der Waals surface area contributed by atoms with Gasteiger partial charge in [-0.15, -0.1) is 0 Å². The van der Waals surface area contributed by atoms with Crippen LogP contribution in [0.5, 0.6) is 0 Å². The molecule has 0 aliphatic carbocycles. The normalized spacial score (nSPS) is 12.8. The van der Waals surface area contributed by atoms with Gasteiger partial charge in [-0.05, 0) is 13.2 Å². The monoisotopic (exact) mass is 149 g/mol. The van der Waals surface area contributed by atoms with Crippen LogP contribution in [0.15, 0.2) is 0 Å². The Bertz CT molecular complexity index is 97.0. The van der Waals surface area contributed by atoms with Gasteiger partial charge >= 0.3 is 5.97 Å². The number of ether oxygens (including phenoxy) is 1. The zero-order valence-corrected chi connectivity index (χ0v) is 6.62. The third kappa shape index (κ3) is 3.37. The lowest BCUT2D eigenvalue weighted by Gasteiger charge is -2.06. The second kappa shape index (κ2) is 4.64. The van der Waals surface area contributed by atoms with Crippen molar-refractivity contribution < 1.29 is 9.53 Å². The number of hydrogen-bond acceptors (Lipinski definition) is 4. The molecule has 4 heteroatoms. The average molecular weight is 149 g/mol. The van der Waals surface area contributed by atoms with Gasteiger partial charge in [0.25, 0.3) is 0 Å². The van der Waals surface area contributed by atoms with Gasteiger partial charge in [-0.2, -0.15) is 0 Å². The Balaban J connectivity index is 3.45. The van der Waals surface area contributed by atoms with E-state index < -0.39 is 0 Å². The molecule has 0 rings (SSSR count). The molecular weight excluding hydrogens is 138 g/mol. The summed E-state index contributed by atoms with van der Waals surface area (Å²) in [5.41, 5.74) is 0. The predicted molar refractivity (Wildman–Crippen MR) is 38.1 cm³/mol. The molecule has 0 spiro atoms. The highest BCUT2D eigenvalue weighted by molar-refractivity contribution is 7.96. The van der Waals surface area contributed by atoms with E-state index in [0.29, 0.717) is 0 Å². The van der Waals surface area contributed by atoms with Crippen molar-refractivity contribution in [2.45, 2.75) is 13.0 Å². The van der Waals surface area contributed by atoms with Gasteiger partial charge < -0.3 is 4.74 Å². The van der Waals surface area contributed by atoms with E-state index in [4.69, 9.17) is 0 Å². The number of hydrogen-bond donors (Lipinski definition) is 1. The second-order valence-electron chi connectivity index (χ2n) is 1.57. The van der Waals surface area contributed by atoms with Crippen molar-refractivity contribution >= 4 is 17.9 Å². The maximum absolute atomic E-state index is 10.6. The van der Waals surface area contributed by atoms with E-state index in [0.717, 1.165) is 0 Å². The first-order valence-electron chi connectivity index (χ1n) is 2.58. The Labute approximate surface area is 59.3 Å². The van der Waals surface area contributed by atoms with Gasteiger partial charge in [0.2, 0.25) is 0 Å². The van der Waals surface area contributed by atoms with E-state index in [1.165, 1.54) is 19.1 Å². The lowest BCUT2D eigenvalue weighted by molar-refractivity contribution is -0.142. The molecule has 0 aliphatic rings. The molecule has 0 saturated carbocycles. The molecule has 0 saturated heterocycles. The number of rotatable bonds is 3. The van der Waals surface area contributed by atoms with Crippen LogP contribution in [0.25, 0.3) is 0 Å². The minimum absolute atomic E-state index is 0.218. The Kier molecular flexibility index (Phi) is 4.53. The molecule has 9 heavy (non-hydrogen) atoms. The summed E-state index contributed by atoms with van der Waals surface area (Å²) in [6, 6.07) is -0.218.